The normalized spacial score (nSPS) is 12.1. The summed E-state index contributed by atoms with van der Waals surface area (Å²) in [6.45, 7) is 1.49. The van der Waals surface area contributed by atoms with Crippen LogP contribution in [0.5, 0.6) is 0 Å². The molecule has 0 aliphatic carbocycles. The first-order valence-corrected chi connectivity index (χ1v) is 6.32. The van der Waals surface area contributed by atoms with Crippen LogP contribution in [0.4, 0.5) is 0 Å². The molecule has 0 fully saturated rings. The first-order chi connectivity index (χ1) is 7.59. The van der Waals surface area contributed by atoms with Crippen molar-refractivity contribution in [2.24, 2.45) is 5.92 Å². The van der Waals surface area contributed by atoms with Crippen molar-refractivity contribution >= 4 is 33.7 Å². The molecule has 16 heavy (non-hydrogen) atoms. The van der Waals surface area contributed by atoms with E-state index in [9.17, 15) is 9.59 Å². The summed E-state index contributed by atoms with van der Waals surface area (Å²) in [4.78, 5) is 22.0. The lowest BCUT2D eigenvalue weighted by molar-refractivity contribution is -0.114. The van der Waals surface area contributed by atoms with Gasteiger partial charge in [-0.15, -0.1) is 0 Å². The van der Waals surface area contributed by atoms with Crippen molar-refractivity contribution in [3.8, 4) is 0 Å². The standard InChI is InChI=1S/C12H13ClO2S/c1-9(14)16-8-11(12(13)15)7-10-5-3-2-4-6-10/h2-6,11H,7-8H2,1H3/t11-/m1/s1. The van der Waals surface area contributed by atoms with E-state index in [2.05, 4.69) is 0 Å². The van der Waals surface area contributed by atoms with Gasteiger partial charge in [-0.05, 0) is 23.6 Å². The van der Waals surface area contributed by atoms with E-state index in [1.165, 1.54) is 6.92 Å². The van der Waals surface area contributed by atoms with Gasteiger partial charge < -0.3 is 0 Å². The average Bonchev–Trinajstić information content (AvgIpc) is 2.25. The number of rotatable bonds is 5. The summed E-state index contributed by atoms with van der Waals surface area (Å²) < 4.78 is 0. The number of thioether (sulfide) groups is 1. The number of carbonyl (C=O) groups excluding carboxylic acids is 2. The summed E-state index contributed by atoms with van der Waals surface area (Å²) in [7, 11) is 0. The quantitative estimate of drug-likeness (QED) is 0.760. The molecule has 0 bridgehead atoms. The van der Waals surface area contributed by atoms with E-state index < -0.39 is 0 Å². The van der Waals surface area contributed by atoms with Crippen LogP contribution in [0.2, 0.25) is 0 Å². The maximum absolute atomic E-state index is 11.2. The highest BCUT2D eigenvalue weighted by Gasteiger charge is 2.17. The van der Waals surface area contributed by atoms with Crippen LogP contribution >= 0.6 is 23.4 Å². The van der Waals surface area contributed by atoms with Crippen LogP contribution in [-0.2, 0) is 16.0 Å². The monoisotopic (exact) mass is 256 g/mol. The zero-order valence-corrected chi connectivity index (χ0v) is 10.6. The van der Waals surface area contributed by atoms with Crippen LogP contribution in [0.15, 0.2) is 30.3 Å². The Hall–Kier alpha value is -0.800. The Kier molecular flexibility index (Phi) is 5.56. The third-order valence-electron chi connectivity index (χ3n) is 2.13. The fourth-order valence-corrected chi connectivity index (χ4v) is 2.27. The maximum atomic E-state index is 11.2. The molecule has 0 saturated carbocycles. The van der Waals surface area contributed by atoms with Crippen molar-refractivity contribution in [1.82, 2.24) is 0 Å². The smallest absolute Gasteiger partial charge is 0.225 e. The third kappa shape index (κ3) is 4.81. The lowest BCUT2D eigenvalue weighted by atomic mass is 10.0. The molecule has 0 aliphatic rings. The average molecular weight is 257 g/mol. The fraction of sp³-hybridized carbons (Fsp3) is 0.333. The van der Waals surface area contributed by atoms with Crippen molar-refractivity contribution < 1.29 is 9.59 Å². The SMILES string of the molecule is CC(=O)SC[C@@H](Cc1ccccc1)C(=O)Cl. The van der Waals surface area contributed by atoms with Crippen molar-refractivity contribution in [3.05, 3.63) is 35.9 Å². The van der Waals surface area contributed by atoms with Crippen molar-refractivity contribution in [2.75, 3.05) is 5.75 Å². The van der Waals surface area contributed by atoms with Crippen molar-refractivity contribution in [3.63, 3.8) is 0 Å². The van der Waals surface area contributed by atoms with Crippen molar-refractivity contribution in [1.29, 1.82) is 0 Å². The van der Waals surface area contributed by atoms with E-state index in [0.717, 1.165) is 17.3 Å². The summed E-state index contributed by atoms with van der Waals surface area (Å²) in [5.74, 6) is 0.157. The predicted molar refractivity (Wildman–Crippen MR) is 67.6 cm³/mol. The molecule has 0 radical (unpaired) electrons. The molecule has 0 unspecified atom stereocenters. The van der Waals surface area contributed by atoms with E-state index in [0.29, 0.717) is 12.2 Å². The minimum absolute atomic E-state index is 0.0102. The van der Waals surface area contributed by atoms with E-state index in [4.69, 9.17) is 11.6 Å². The minimum Gasteiger partial charge on any atom is -0.288 e. The highest BCUT2D eigenvalue weighted by atomic mass is 35.5. The lowest BCUT2D eigenvalue weighted by Gasteiger charge is -2.10. The molecule has 0 amide bonds. The Balaban J connectivity index is 2.58. The summed E-state index contributed by atoms with van der Waals surface area (Å²) >= 11 is 6.66. The molecular formula is C12H13ClO2S. The van der Waals surface area contributed by atoms with E-state index >= 15 is 0 Å². The summed E-state index contributed by atoms with van der Waals surface area (Å²) in [5, 5.41) is -0.367. The second kappa shape index (κ2) is 6.71. The summed E-state index contributed by atoms with van der Waals surface area (Å²) in [6, 6.07) is 9.66. The van der Waals surface area contributed by atoms with Gasteiger partial charge in [0.1, 0.15) is 0 Å². The Morgan fingerprint density at radius 2 is 1.94 bits per heavy atom. The fourth-order valence-electron chi connectivity index (χ4n) is 1.32. The molecule has 1 rings (SSSR count). The molecule has 0 heterocycles. The van der Waals surface area contributed by atoms with Gasteiger partial charge in [0, 0.05) is 18.6 Å². The van der Waals surface area contributed by atoms with Gasteiger partial charge in [-0.1, -0.05) is 42.1 Å². The van der Waals surface area contributed by atoms with Crippen LogP contribution < -0.4 is 0 Å². The molecule has 1 aromatic carbocycles. The molecule has 0 N–H and O–H groups in total. The van der Waals surface area contributed by atoms with Crippen LogP contribution in [0.3, 0.4) is 0 Å². The number of halogens is 1. The molecule has 0 aromatic heterocycles. The highest BCUT2D eigenvalue weighted by Crippen LogP contribution is 2.17. The Labute approximate surface area is 104 Å². The molecular weight excluding hydrogens is 244 g/mol. The topological polar surface area (TPSA) is 34.1 Å². The summed E-state index contributed by atoms with van der Waals surface area (Å²) in [6.07, 6.45) is 0.587. The van der Waals surface area contributed by atoms with Crippen LogP contribution in [0.1, 0.15) is 12.5 Å². The minimum atomic E-state index is -0.377. The molecule has 2 nitrogen and oxygen atoms in total. The van der Waals surface area contributed by atoms with E-state index in [1.54, 1.807) is 0 Å². The molecule has 1 aromatic rings. The number of benzene rings is 1. The maximum Gasteiger partial charge on any atom is 0.225 e. The molecule has 0 aliphatic heterocycles. The van der Waals surface area contributed by atoms with Crippen LogP contribution in [-0.4, -0.2) is 16.1 Å². The van der Waals surface area contributed by atoms with Gasteiger partial charge in [0.05, 0.1) is 0 Å². The summed E-state index contributed by atoms with van der Waals surface area (Å²) in [5.41, 5.74) is 1.06. The molecule has 86 valence electrons. The van der Waals surface area contributed by atoms with Crippen LogP contribution in [0, 0.1) is 5.92 Å². The van der Waals surface area contributed by atoms with Crippen molar-refractivity contribution in [2.45, 2.75) is 13.3 Å². The third-order valence-corrected chi connectivity index (χ3v) is 3.42. The van der Waals surface area contributed by atoms with E-state index in [-0.39, 0.29) is 16.3 Å². The van der Waals surface area contributed by atoms with Gasteiger partial charge in [0.15, 0.2) is 5.12 Å². The zero-order chi connectivity index (χ0) is 12.0. The van der Waals surface area contributed by atoms with Gasteiger partial charge >= 0.3 is 0 Å². The molecule has 0 spiro atoms. The first-order valence-electron chi connectivity index (χ1n) is 4.96. The zero-order valence-electron chi connectivity index (χ0n) is 8.98. The molecule has 4 heteroatoms. The Morgan fingerprint density at radius 3 is 2.44 bits per heavy atom. The second-order valence-corrected chi connectivity index (χ2v) is 5.06. The lowest BCUT2D eigenvalue weighted by Crippen LogP contribution is -2.15. The van der Waals surface area contributed by atoms with Gasteiger partial charge in [-0.2, -0.15) is 0 Å². The van der Waals surface area contributed by atoms with Crippen LogP contribution in [0.25, 0.3) is 0 Å². The number of carbonyl (C=O) groups is 2. The van der Waals surface area contributed by atoms with Gasteiger partial charge in [-0.3, -0.25) is 9.59 Å². The molecule has 1 atom stereocenters. The second-order valence-electron chi connectivity index (χ2n) is 3.49. The largest absolute Gasteiger partial charge is 0.288 e. The highest BCUT2D eigenvalue weighted by molar-refractivity contribution is 8.13. The van der Waals surface area contributed by atoms with Gasteiger partial charge in [0.25, 0.3) is 0 Å². The predicted octanol–water partition coefficient (Wildman–Crippen LogP) is 2.89. The van der Waals surface area contributed by atoms with Gasteiger partial charge in [-0.25, -0.2) is 0 Å². The number of hydrogen-bond donors (Lipinski definition) is 0. The Bertz CT molecular complexity index is 365. The number of hydrogen-bond acceptors (Lipinski definition) is 3. The first kappa shape index (κ1) is 13.3. The molecule has 0 saturated heterocycles. The van der Waals surface area contributed by atoms with E-state index in [1.807, 2.05) is 30.3 Å². The van der Waals surface area contributed by atoms with Gasteiger partial charge in [0.2, 0.25) is 5.24 Å². The Morgan fingerprint density at radius 1 is 1.31 bits per heavy atom.